The molecule has 2 aromatic rings. The van der Waals surface area contributed by atoms with E-state index in [-0.39, 0.29) is 4.21 Å². The SMILES string of the molecule is CCN(CC)c1ccc(C(=O)NNS(=O)(=O)c2ccc(C)s2)cc1. The lowest BCUT2D eigenvalue weighted by Crippen LogP contribution is -2.41. The Labute approximate surface area is 146 Å². The van der Waals surface area contributed by atoms with Crippen LogP contribution in [-0.2, 0) is 10.0 Å². The molecule has 0 fully saturated rings. The van der Waals surface area contributed by atoms with Crippen LogP contribution in [0.3, 0.4) is 0 Å². The zero-order valence-corrected chi connectivity index (χ0v) is 15.5. The topological polar surface area (TPSA) is 78.5 Å². The van der Waals surface area contributed by atoms with Crippen molar-refractivity contribution in [3.63, 3.8) is 0 Å². The molecule has 0 unspecified atom stereocenters. The van der Waals surface area contributed by atoms with Gasteiger partial charge in [-0.15, -0.1) is 16.2 Å². The van der Waals surface area contributed by atoms with Gasteiger partial charge in [-0.25, -0.2) is 8.42 Å². The van der Waals surface area contributed by atoms with Crippen molar-refractivity contribution in [1.29, 1.82) is 0 Å². The monoisotopic (exact) mass is 367 g/mol. The van der Waals surface area contributed by atoms with Gasteiger partial charge < -0.3 is 4.90 Å². The fourth-order valence-corrected chi connectivity index (χ4v) is 4.33. The van der Waals surface area contributed by atoms with Crippen LogP contribution in [0.1, 0.15) is 29.1 Å². The molecule has 0 bridgehead atoms. The summed E-state index contributed by atoms with van der Waals surface area (Å²) in [5.74, 6) is -0.502. The number of aryl methyl sites for hydroxylation is 1. The molecule has 1 aromatic heterocycles. The number of rotatable bonds is 7. The van der Waals surface area contributed by atoms with E-state index < -0.39 is 15.9 Å². The number of hydrogen-bond donors (Lipinski definition) is 2. The van der Waals surface area contributed by atoms with Crippen LogP contribution in [0, 0.1) is 6.92 Å². The summed E-state index contributed by atoms with van der Waals surface area (Å²) in [6.07, 6.45) is 0. The number of anilines is 1. The fraction of sp³-hybridized carbons (Fsp3) is 0.312. The quantitative estimate of drug-likeness (QED) is 0.737. The van der Waals surface area contributed by atoms with E-state index in [1.165, 1.54) is 6.07 Å². The van der Waals surface area contributed by atoms with Crippen molar-refractivity contribution in [1.82, 2.24) is 10.3 Å². The van der Waals surface area contributed by atoms with Crippen LogP contribution in [-0.4, -0.2) is 27.4 Å². The van der Waals surface area contributed by atoms with Gasteiger partial charge >= 0.3 is 0 Å². The number of hydrogen-bond acceptors (Lipinski definition) is 5. The van der Waals surface area contributed by atoms with E-state index in [1.807, 2.05) is 19.1 Å². The maximum absolute atomic E-state index is 12.1. The highest BCUT2D eigenvalue weighted by Gasteiger charge is 2.17. The van der Waals surface area contributed by atoms with Gasteiger partial charge in [-0.05, 0) is 57.2 Å². The van der Waals surface area contributed by atoms with Crippen molar-refractivity contribution in [2.24, 2.45) is 0 Å². The lowest BCUT2D eigenvalue weighted by Gasteiger charge is -2.21. The van der Waals surface area contributed by atoms with Crippen LogP contribution in [0.4, 0.5) is 5.69 Å². The predicted octanol–water partition coefficient (Wildman–Crippen LogP) is 2.53. The summed E-state index contributed by atoms with van der Waals surface area (Å²) < 4.78 is 24.3. The van der Waals surface area contributed by atoms with Crippen LogP contribution in [0.25, 0.3) is 0 Å². The van der Waals surface area contributed by atoms with Crippen LogP contribution >= 0.6 is 11.3 Å². The van der Waals surface area contributed by atoms with Crippen LogP contribution in [0.5, 0.6) is 0 Å². The molecule has 0 saturated heterocycles. The van der Waals surface area contributed by atoms with Gasteiger partial charge in [0.25, 0.3) is 15.9 Å². The van der Waals surface area contributed by atoms with Crippen molar-refractivity contribution in [3.05, 3.63) is 46.8 Å². The molecule has 0 spiro atoms. The van der Waals surface area contributed by atoms with Gasteiger partial charge in [0.15, 0.2) is 0 Å². The Morgan fingerprint density at radius 2 is 1.71 bits per heavy atom. The summed E-state index contributed by atoms with van der Waals surface area (Å²) in [4.78, 5) is 17.3. The van der Waals surface area contributed by atoms with Crippen LogP contribution in [0.15, 0.2) is 40.6 Å². The first-order chi connectivity index (χ1) is 11.4. The Morgan fingerprint density at radius 3 is 2.21 bits per heavy atom. The van der Waals surface area contributed by atoms with Gasteiger partial charge in [-0.1, -0.05) is 0 Å². The number of carbonyl (C=O) groups is 1. The van der Waals surface area contributed by atoms with Crippen molar-refractivity contribution >= 4 is 33.0 Å². The molecule has 2 N–H and O–H groups in total. The van der Waals surface area contributed by atoms with Gasteiger partial charge in [0, 0.05) is 29.2 Å². The second-order valence-corrected chi connectivity index (χ2v) is 8.34. The minimum absolute atomic E-state index is 0.164. The number of amides is 1. The fourth-order valence-electron chi connectivity index (χ4n) is 2.20. The van der Waals surface area contributed by atoms with Crippen molar-refractivity contribution in [2.75, 3.05) is 18.0 Å². The van der Waals surface area contributed by atoms with Gasteiger partial charge in [0.05, 0.1) is 0 Å². The zero-order valence-electron chi connectivity index (χ0n) is 13.9. The molecule has 1 amide bonds. The minimum atomic E-state index is -3.74. The lowest BCUT2D eigenvalue weighted by atomic mass is 10.2. The molecule has 24 heavy (non-hydrogen) atoms. The van der Waals surface area contributed by atoms with Gasteiger partial charge in [-0.3, -0.25) is 10.2 Å². The Bertz CT molecular complexity index is 794. The van der Waals surface area contributed by atoms with E-state index in [2.05, 4.69) is 29.0 Å². The van der Waals surface area contributed by atoms with E-state index in [9.17, 15) is 13.2 Å². The van der Waals surface area contributed by atoms with Crippen molar-refractivity contribution in [3.8, 4) is 0 Å². The number of nitrogens with zero attached hydrogens (tertiary/aromatic N) is 1. The van der Waals surface area contributed by atoms with Gasteiger partial charge in [0.1, 0.15) is 4.21 Å². The molecule has 2 rings (SSSR count). The molecule has 0 saturated carbocycles. The molecule has 6 nitrogen and oxygen atoms in total. The van der Waals surface area contributed by atoms with E-state index in [0.717, 1.165) is 35.0 Å². The lowest BCUT2D eigenvalue weighted by molar-refractivity contribution is 0.0945. The first kappa shape index (κ1) is 18.4. The third-order valence-corrected chi connectivity index (χ3v) is 6.28. The second-order valence-electron chi connectivity index (χ2n) is 5.14. The summed E-state index contributed by atoms with van der Waals surface area (Å²) in [5, 5.41) is 0. The molecule has 0 aliphatic heterocycles. The average molecular weight is 367 g/mol. The largest absolute Gasteiger partial charge is 0.372 e. The third kappa shape index (κ3) is 4.34. The average Bonchev–Trinajstić information content (AvgIpc) is 3.02. The molecule has 8 heteroatoms. The smallest absolute Gasteiger partial charge is 0.266 e. The molecular formula is C16H21N3O3S2. The number of carbonyl (C=O) groups excluding carboxylic acids is 1. The van der Waals surface area contributed by atoms with E-state index in [1.54, 1.807) is 18.2 Å². The van der Waals surface area contributed by atoms with Crippen LogP contribution < -0.4 is 15.2 Å². The standard InChI is InChI=1S/C16H21N3O3S2/c1-4-19(5-2)14-9-7-13(8-10-14)16(20)17-18-24(21,22)15-11-6-12(3)23-15/h6-11,18H,4-5H2,1-3H3,(H,17,20). The van der Waals surface area contributed by atoms with E-state index >= 15 is 0 Å². The number of hydrazine groups is 1. The summed E-state index contributed by atoms with van der Waals surface area (Å²) in [6.45, 7) is 7.69. The first-order valence-corrected chi connectivity index (χ1v) is 9.91. The van der Waals surface area contributed by atoms with E-state index in [4.69, 9.17) is 0 Å². The van der Waals surface area contributed by atoms with E-state index in [0.29, 0.717) is 5.56 Å². The van der Waals surface area contributed by atoms with Crippen LogP contribution in [0.2, 0.25) is 0 Å². The molecule has 0 radical (unpaired) electrons. The Kier molecular flexibility index (Phi) is 5.98. The number of benzene rings is 1. The maximum Gasteiger partial charge on any atom is 0.266 e. The zero-order chi connectivity index (χ0) is 17.7. The Balaban J connectivity index is 2.02. The molecule has 0 atom stereocenters. The maximum atomic E-state index is 12.1. The van der Waals surface area contributed by atoms with Crippen molar-refractivity contribution < 1.29 is 13.2 Å². The normalized spacial score (nSPS) is 11.3. The number of sulfonamides is 1. The third-order valence-electron chi connectivity index (χ3n) is 3.54. The molecular weight excluding hydrogens is 346 g/mol. The number of thiophene rings is 1. The molecule has 130 valence electrons. The number of nitrogens with one attached hydrogen (secondary N) is 2. The van der Waals surface area contributed by atoms with Gasteiger partial charge in [0.2, 0.25) is 0 Å². The highest BCUT2D eigenvalue weighted by atomic mass is 32.2. The summed E-state index contributed by atoms with van der Waals surface area (Å²) in [6, 6.07) is 10.3. The first-order valence-electron chi connectivity index (χ1n) is 7.61. The Hall–Kier alpha value is -1.90. The summed E-state index contributed by atoms with van der Waals surface area (Å²) >= 11 is 1.15. The minimum Gasteiger partial charge on any atom is -0.372 e. The molecule has 1 aromatic carbocycles. The molecule has 0 aliphatic carbocycles. The summed E-state index contributed by atoms with van der Waals surface area (Å²) in [5.41, 5.74) is 3.64. The van der Waals surface area contributed by atoms with Crippen molar-refractivity contribution in [2.45, 2.75) is 25.0 Å². The highest BCUT2D eigenvalue weighted by Crippen LogP contribution is 2.20. The predicted molar refractivity (Wildman–Crippen MR) is 96.8 cm³/mol. The molecule has 0 aliphatic rings. The highest BCUT2D eigenvalue weighted by molar-refractivity contribution is 7.91. The van der Waals surface area contributed by atoms with Gasteiger partial charge in [-0.2, -0.15) is 0 Å². The summed E-state index contributed by atoms with van der Waals surface area (Å²) in [7, 11) is -3.74. The second kappa shape index (κ2) is 7.78. The Morgan fingerprint density at radius 1 is 1.08 bits per heavy atom. The molecule has 1 heterocycles.